The molecule has 0 radical (unpaired) electrons. The smallest absolute Gasteiger partial charge is 0.134 e. The van der Waals surface area contributed by atoms with E-state index in [0.29, 0.717) is 11.5 Å². The Kier molecular flexibility index (Phi) is 6.69. The van der Waals surface area contributed by atoms with Gasteiger partial charge in [-0.05, 0) is 30.5 Å². The van der Waals surface area contributed by atoms with E-state index in [9.17, 15) is 4.21 Å². The molecule has 2 atom stereocenters. The van der Waals surface area contributed by atoms with Crippen LogP contribution in [0.4, 0.5) is 0 Å². The molecular weight excluding hydrogens is 270 g/mol. The number of rotatable bonds is 7. The van der Waals surface area contributed by atoms with E-state index in [1.54, 1.807) is 7.11 Å². The summed E-state index contributed by atoms with van der Waals surface area (Å²) < 4.78 is 17.9. The molecular formula is C16H27NO2S. The van der Waals surface area contributed by atoms with Crippen LogP contribution in [0.2, 0.25) is 0 Å². The van der Waals surface area contributed by atoms with Crippen molar-refractivity contribution in [2.24, 2.45) is 5.41 Å². The molecule has 2 unspecified atom stereocenters. The summed E-state index contributed by atoms with van der Waals surface area (Å²) in [6.45, 7) is 9.63. The highest BCUT2D eigenvalue weighted by Gasteiger charge is 2.27. The first-order valence-corrected chi connectivity index (χ1v) is 8.46. The molecule has 114 valence electrons. The number of para-hydroxylation sites is 1. The van der Waals surface area contributed by atoms with Crippen LogP contribution in [0, 0.1) is 5.41 Å². The Balaban J connectivity index is 2.85. The summed E-state index contributed by atoms with van der Waals surface area (Å²) >= 11 is 0. The monoisotopic (exact) mass is 297 g/mol. The molecule has 0 saturated carbocycles. The third-order valence-electron chi connectivity index (χ3n) is 3.32. The molecule has 0 aromatic heterocycles. The number of methoxy groups -OCH3 is 1. The van der Waals surface area contributed by atoms with E-state index < -0.39 is 10.8 Å². The second-order valence-corrected chi connectivity index (χ2v) is 7.50. The molecule has 0 amide bonds. The second kappa shape index (κ2) is 7.79. The van der Waals surface area contributed by atoms with Gasteiger partial charge in [0.15, 0.2) is 0 Å². The number of nitrogens with one attached hydrogen (secondary N) is 1. The summed E-state index contributed by atoms with van der Waals surface area (Å²) in [6.07, 6.45) is 1.08. The fourth-order valence-corrected chi connectivity index (χ4v) is 3.69. The van der Waals surface area contributed by atoms with Crippen LogP contribution < -0.4 is 10.1 Å². The molecule has 0 aliphatic carbocycles. The number of hydrogen-bond donors (Lipinski definition) is 1. The van der Waals surface area contributed by atoms with Gasteiger partial charge in [-0.15, -0.1) is 0 Å². The van der Waals surface area contributed by atoms with E-state index in [4.69, 9.17) is 4.74 Å². The van der Waals surface area contributed by atoms with E-state index in [1.807, 2.05) is 24.3 Å². The summed E-state index contributed by atoms with van der Waals surface area (Å²) in [5.41, 5.74) is 0.0762. The molecule has 0 heterocycles. The maximum absolute atomic E-state index is 12.6. The topological polar surface area (TPSA) is 38.3 Å². The maximum Gasteiger partial charge on any atom is 0.134 e. The van der Waals surface area contributed by atoms with Crippen molar-refractivity contribution in [2.45, 2.75) is 45.1 Å². The van der Waals surface area contributed by atoms with Gasteiger partial charge < -0.3 is 10.1 Å². The Morgan fingerprint density at radius 1 is 1.30 bits per heavy atom. The van der Waals surface area contributed by atoms with Crippen LogP contribution in [-0.4, -0.2) is 29.7 Å². The van der Waals surface area contributed by atoms with Gasteiger partial charge in [0.2, 0.25) is 0 Å². The Hall–Kier alpha value is -0.870. The van der Waals surface area contributed by atoms with Gasteiger partial charge in [-0.1, -0.05) is 39.8 Å². The van der Waals surface area contributed by atoms with Gasteiger partial charge in [-0.25, -0.2) is 0 Å². The first-order chi connectivity index (χ1) is 9.40. The summed E-state index contributed by atoms with van der Waals surface area (Å²) in [5, 5.41) is 3.51. The normalized spacial score (nSPS) is 14.8. The lowest BCUT2D eigenvalue weighted by atomic mass is 9.88. The highest BCUT2D eigenvalue weighted by atomic mass is 32.2. The molecule has 4 heteroatoms. The van der Waals surface area contributed by atoms with Crippen molar-refractivity contribution in [1.29, 1.82) is 0 Å². The van der Waals surface area contributed by atoms with Crippen LogP contribution in [0.25, 0.3) is 0 Å². The lowest BCUT2D eigenvalue weighted by Gasteiger charge is -2.31. The highest BCUT2D eigenvalue weighted by Crippen LogP contribution is 2.25. The molecule has 1 aromatic carbocycles. The van der Waals surface area contributed by atoms with Gasteiger partial charge in [0.1, 0.15) is 5.75 Å². The first kappa shape index (κ1) is 17.2. The minimum Gasteiger partial charge on any atom is -0.495 e. The van der Waals surface area contributed by atoms with Gasteiger partial charge in [0, 0.05) is 11.8 Å². The average Bonchev–Trinajstić information content (AvgIpc) is 2.41. The molecule has 0 aliphatic rings. The number of benzene rings is 1. The zero-order valence-corrected chi connectivity index (χ0v) is 14.0. The lowest BCUT2D eigenvalue weighted by molar-refractivity contribution is 0.290. The molecule has 1 rings (SSSR count). The van der Waals surface area contributed by atoms with Crippen molar-refractivity contribution in [3.8, 4) is 5.75 Å². The van der Waals surface area contributed by atoms with Crippen molar-refractivity contribution < 1.29 is 8.95 Å². The molecule has 1 N–H and O–H groups in total. The zero-order chi connectivity index (χ0) is 15.2. The SMILES string of the molecule is CCCNC(CS(=O)c1ccccc1OC)C(C)(C)C. The lowest BCUT2D eigenvalue weighted by Crippen LogP contribution is -2.44. The first-order valence-electron chi connectivity index (χ1n) is 7.15. The van der Waals surface area contributed by atoms with Crippen LogP contribution in [0.5, 0.6) is 5.75 Å². The molecule has 0 fully saturated rings. The largest absolute Gasteiger partial charge is 0.495 e. The average molecular weight is 297 g/mol. The van der Waals surface area contributed by atoms with Crippen molar-refractivity contribution in [3.05, 3.63) is 24.3 Å². The molecule has 1 aromatic rings. The molecule has 0 saturated heterocycles. The quantitative estimate of drug-likeness (QED) is 0.840. The minimum atomic E-state index is -1.06. The Labute approximate surface area is 125 Å². The predicted octanol–water partition coefficient (Wildman–Crippen LogP) is 3.22. The van der Waals surface area contributed by atoms with Gasteiger partial charge in [0.05, 0.1) is 22.8 Å². The summed E-state index contributed by atoms with van der Waals surface area (Å²) in [6, 6.07) is 7.76. The summed E-state index contributed by atoms with van der Waals surface area (Å²) in [4.78, 5) is 0.780. The second-order valence-electron chi connectivity index (χ2n) is 6.04. The Bertz CT molecular complexity index is 440. The highest BCUT2D eigenvalue weighted by molar-refractivity contribution is 7.85. The molecule has 0 aliphatic heterocycles. The van der Waals surface area contributed by atoms with Gasteiger partial charge in [-0.3, -0.25) is 4.21 Å². The van der Waals surface area contributed by atoms with Gasteiger partial charge in [-0.2, -0.15) is 0 Å². The van der Waals surface area contributed by atoms with E-state index >= 15 is 0 Å². The van der Waals surface area contributed by atoms with Gasteiger partial charge in [0.25, 0.3) is 0 Å². The van der Waals surface area contributed by atoms with Crippen LogP contribution >= 0.6 is 0 Å². The van der Waals surface area contributed by atoms with E-state index in [-0.39, 0.29) is 11.5 Å². The minimum absolute atomic E-state index is 0.0762. The molecule has 3 nitrogen and oxygen atoms in total. The van der Waals surface area contributed by atoms with E-state index in [0.717, 1.165) is 17.9 Å². The Morgan fingerprint density at radius 2 is 1.95 bits per heavy atom. The van der Waals surface area contributed by atoms with E-state index in [1.165, 1.54) is 0 Å². The van der Waals surface area contributed by atoms with Crippen LogP contribution in [0.3, 0.4) is 0 Å². The Morgan fingerprint density at radius 3 is 2.50 bits per heavy atom. The predicted molar refractivity (Wildman–Crippen MR) is 85.8 cm³/mol. The number of hydrogen-bond acceptors (Lipinski definition) is 3. The van der Waals surface area contributed by atoms with Crippen LogP contribution in [-0.2, 0) is 10.8 Å². The summed E-state index contributed by atoms with van der Waals surface area (Å²) in [7, 11) is 0.555. The van der Waals surface area contributed by atoms with Gasteiger partial charge >= 0.3 is 0 Å². The van der Waals surface area contributed by atoms with Crippen molar-refractivity contribution in [3.63, 3.8) is 0 Å². The third-order valence-corrected chi connectivity index (χ3v) is 4.78. The third kappa shape index (κ3) is 4.91. The summed E-state index contributed by atoms with van der Waals surface area (Å²) in [5.74, 6) is 1.30. The maximum atomic E-state index is 12.6. The molecule has 0 bridgehead atoms. The fraction of sp³-hybridized carbons (Fsp3) is 0.625. The van der Waals surface area contributed by atoms with Crippen molar-refractivity contribution in [2.75, 3.05) is 19.4 Å². The molecule has 20 heavy (non-hydrogen) atoms. The number of ether oxygens (including phenoxy) is 1. The standard InChI is InChI=1S/C16H27NO2S/c1-6-11-17-15(16(2,3)4)12-20(18)14-10-8-7-9-13(14)19-5/h7-10,15,17H,6,11-12H2,1-5H3. The van der Waals surface area contributed by atoms with Crippen LogP contribution in [0.1, 0.15) is 34.1 Å². The van der Waals surface area contributed by atoms with Crippen LogP contribution in [0.15, 0.2) is 29.2 Å². The fourth-order valence-electron chi connectivity index (χ4n) is 1.98. The zero-order valence-electron chi connectivity index (χ0n) is 13.2. The van der Waals surface area contributed by atoms with Crippen molar-refractivity contribution >= 4 is 10.8 Å². The van der Waals surface area contributed by atoms with Crippen molar-refractivity contribution in [1.82, 2.24) is 5.32 Å². The van der Waals surface area contributed by atoms with E-state index in [2.05, 4.69) is 33.0 Å². The molecule has 0 spiro atoms.